The van der Waals surface area contributed by atoms with Crippen LogP contribution in [0.1, 0.15) is 26.0 Å². The summed E-state index contributed by atoms with van der Waals surface area (Å²) in [6, 6.07) is 9.94. The first-order valence-corrected chi connectivity index (χ1v) is 7.06. The van der Waals surface area contributed by atoms with E-state index in [9.17, 15) is 0 Å². The van der Waals surface area contributed by atoms with E-state index in [1.54, 1.807) is 0 Å². The molecular formula is C16H21N3O. The Balaban J connectivity index is 2.39. The first-order valence-electron chi connectivity index (χ1n) is 7.06. The highest BCUT2D eigenvalue weighted by Gasteiger charge is 2.09. The third-order valence-corrected chi connectivity index (χ3v) is 2.85. The van der Waals surface area contributed by atoms with E-state index in [4.69, 9.17) is 4.74 Å². The molecule has 0 radical (unpaired) electrons. The summed E-state index contributed by atoms with van der Waals surface area (Å²) in [6.45, 7) is 7.59. The molecule has 1 aromatic heterocycles. The van der Waals surface area contributed by atoms with E-state index in [0.717, 1.165) is 35.7 Å². The SMILES string of the molecule is CCCNc1nc(C)cc(-c2ccccc2OCC)n1. The van der Waals surface area contributed by atoms with Gasteiger partial charge in [-0.3, -0.25) is 0 Å². The Kier molecular flexibility index (Phi) is 4.93. The van der Waals surface area contributed by atoms with E-state index in [2.05, 4.69) is 22.2 Å². The number of hydrogen-bond acceptors (Lipinski definition) is 4. The Morgan fingerprint density at radius 1 is 1.15 bits per heavy atom. The zero-order valence-corrected chi connectivity index (χ0v) is 12.3. The Hall–Kier alpha value is -2.10. The van der Waals surface area contributed by atoms with E-state index >= 15 is 0 Å². The number of rotatable bonds is 6. The van der Waals surface area contributed by atoms with Gasteiger partial charge in [0.05, 0.1) is 12.3 Å². The second-order valence-electron chi connectivity index (χ2n) is 4.57. The molecule has 0 aliphatic carbocycles. The van der Waals surface area contributed by atoms with Gasteiger partial charge in [-0.15, -0.1) is 0 Å². The van der Waals surface area contributed by atoms with E-state index < -0.39 is 0 Å². The maximum Gasteiger partial charge on any atom is 0.223 e. The van der Waals surface area contributed by atoms with Crippen LogP contribution in [0.25, 0.3) is 11.3 Å². The summed E-state index contributed by atoms with van der Waals surface area (Å²) >= 11 is 0. The molecule has 0 saturated heterocycles. The Morgan fingerprint density at radius 2 is 1.95 bits per heavy atom. The van der Waals surface area contributed by atoms with Crippen LogP contribution in [0.2, 0.25) is 0 Å². The predicted molar refractivity (Wildman–Crippen MR) is 82.2 cm³/mol. The number of ether oxygens (including phenoxy) is 1. The van der Waals surface area contributed by atoms with Crippen molar-refractivity contribution in [1.82, 2.24) is 9.97 Å². The highest BCUT2D eigenvalue weighted by atomic mass is 16.5. The maximum absolute atomic E-state index is 5.67. The fourth-order valence-corrected chi connectivity index (χ4v) is 1.98. The maximum atomic E-state index is 5.67. The highest BCUT2D eigenvalue weighted by molar-refractivity contribution is 5.68. The monoisotopic (exact) mass is 271 g/mol. The average molecular weight is 271 g/mol. The molecule has 0 aliphatic rings. The summed E-state index contributed by atoms with van der Waals surface area (Å²) < 4.78 is 5.67. The lowest BCUT2D eigenvalue weighted by Crippen LogP contribution is -2.06. The Bertz CT molecular complexity index is 569. The van der Waals surface area contributed by atoms with Crippen LogP contribution >= 0.6 is 0 Å². The highest BCUT2D eigenvalue weighted by Crippen LogP contribution is 2.29. The van der Waals surface area contributed by atoms with Gasteiger partial charge in [-0.05, 0) is 38.5 Å². The molecule has 0 amide bonds. The number of aromatic nitrogens is 2. The first-order chi connectivity index (χ1) is 9.74. The number of hydrogen-bond donors (Lipinski definition) is 1. The summed E-state index contributed by atoms with van der Waals surface area (Å²) in [5.41, 5.74) is 2.83. The standard InChI is InChI=1S/C16H21N3O/c1-4-10-17-16-18-12(3)11-14(19-16)13-8-6-7-9-15(13)20-5-2/h6-9,11H,4-5,10H2,1-3H3,(H,17,18,19). The van der Waals surface area contributed by atoms with Crippen LogP contribution in [-0.2, 0) is 0 Å². The van der Waals surface area contributed by atoms with Crippen LogP contribution in [0, 0.1) is 6.92 Å². The molecule has 4 nitrogen and oxygen atoms in total. The largest absolute Gasteiger partial charge is 0.493 e. The Morgan fingerprint density at radius 3 is 2.70 bits per heavy atom. The molecule has 0 atom stereocenters. The average Bonchev–Trinajstić information content (AvgIpc) is 2.45. The minimum absolute atomic E-state index is 0.641. The van der Waals surface area contributed by atoms with Gasteiger partial charge in [0.25, 0.3) is 0 Å². The molecule has 2 rings (SSSR count). The molecule has 2 aromatic rings. The van der Waals surface area contributed by atoms with Crippen LogP contribution in [0.15, 0.2) is 30.3 Å². The smallest absolute Gasteiger partial charge is 0.223 e. The van der Waals surface area contributed by atoms with Crippen LogP contribution in [0.4, 0.5) is 5.95 Å². The fraction of sp³-hybridized carbons (Fsp3) is 0.375. The van der Waals surface area contributed by atoms with Crippen molar-refractivity contribution in [3.05, 3.63) is 36.0 Å². The second kappa shape index (κ2) is 6.89. The summed E-state index contributed by atoms with van der Waals surface area (Å²) in [7, 11) is 0. The molecule has 1 N–H and O–H groups in total. The van der Waals surface area contributed by atoms with Gasteiger partial charge >= 0.3 is 0 Å². The minimum atomic E-state index is 0.641. The molecule has 1 aromatic carbocycles. The van der Waals surface area contributed by atoms with Crippen LogP contribution in [-0.4, -0.2) is 23.1 Å². The molecule has 0 bridgehead atoms. The van der Waals surface area contributed by atoms with Crippen LogP contribution < -0.4 is 10.1 Å². The number of para-hydroxylation sites is 1. The molecule has 0 spiro atoms. The second-order valence-corrected chi connectivity index (χ2v) is 4.57. The molecule has 0 aliphatic heterocycles. The van der Waals surface area contributed by atoms with Crippen molar-refractivity contribution in [2.45, 2.75) is 27.2 Å². The van der Waals surface area contributed by atoms with E-state index in [-0.39, 0.29) is 0 Å². The molecule has 20 heavy (non-hydrogen) atoms. The fourth-order valence-electron chi connectivity index (χ4n) is 1.98. The van der Waals surface area contributed by atoms with E-state index in [1.165, 1.54) is 0 Å². The summed E-state index contributed by atoms with van der Waals surface area (Å²) in [5, 5.41) is 3.23. The summed E-state index contributed by atoms with van der Waals surface area (Å²) in [4.78, 5) is 8.99. The van der Waals surface area contributed by atoms with Gasteiger partial charge in [0.1, 0.15) is 5.75 Å². The van der Waals surface area contributed by atoms with E-state index in [1.807, 2.05) is 44.2 Å². The number of nitrogens with zero attached hydrogens (tertiary/aromatic N) is 2. The van der Waals surface area contributed by atoms with Gasteiger partial charge in [-0.1, -0.05) is 19.1 Å². The van der Waals surface area contributed by atoms with Crippen molar-refractivity contribution in [2.24, 2.45) is 0 Å². The van der Waals surface area contributed by atoms with Crippen molar-refractivity contribution in [3.8, 4) is 17.0 Å². The summed E-state index contributed by atoms with van der Waals surface area (Å²) in [5.74, 6) is 1.53. The topological polar surface area (TPSA) is 47.0 Å². The van der Waals surface area contributed by atoms with Crippen molar-refractivity contribution in [1.29, 1.82) is 0 Å². The van der Waals surface area contributed by atoms with Crippen LogP contribution in [0.5, 0.6) is 5.75 Å². The lowest BCUT2D eigenvalue weighted by molar-refractivity contribution is 0.341. The molecular weight excluding hydrogens is 250 g/mol. The van der Waals surface area contributed by atoms with Gasteiger partial charge in [0, 0.05) is 17.8 Å². The number of anilines is 1. The van der Waals surface area contributed by atoms with Crippen molar-refractivity contribution < 1.29 is 4.74 Å². The third kappa shape index (κ3) is 3.47. The lowest BCUT2D eigenvalue weighted by Gasteiger charge is -2.11. The minimum Gasteiger partial charge on any atom is -0.493 e. The van der Waals surface area contributed by atoms with Crippen molar-refractivity contribution >= 4 is 5.95 Å². The van der Waals surface area contributed by atoms with Gasteiger partial charge < -0.3 is 10.1 Å². The molecule has 0 saturated carbocycles. The zero-order valence-electron chi connectivity index (χ0n) is 12.3. The van der Waals surface area contributed by atoms with Crippen molar-refractivity contribution in [2.75, 3.05) is 18.5 Å². The summed E-state index contributed by atoms with van der Waals surface area (Å²) in [6.07, 6.45) is 1.04. The molecule has 0 fully saturated rings. The molecule has 0 unspecified atom stereocenters. The molecule has 4 heteroatoms. The number of nitrogens with one attached hydrogen (secondary N) is 1. The zero-order chi connectivity index (χ0) is 14.4. The van der Waals surface area contributed by atoms with Crippen LogP contribution in [0.3, 0.4) is 0 Å². The molecule has 106 valence electrons. The van der Waals surface area contributed by atoms with Gasteiger partial charge in [0.15, 0.2) is 0 Å². The first kappa shape index (κ1) is 14.3. The lowest BCUT2D eigenvalue weighted by atomic mass is 10.1. The Labute approximate surface area is 120 Å². The van der Waals surface area contributed by atoms with E-state index in [0.29, 0.717) is 12.6 Å². The normalized spacial score (nSPS) is 10.3. The van der Waals surface area contributed by atoms with Gasteiger partial charge in [0.2, 0.25) is 5.95 Å². The van der Waals surface area contributed by atoms with Gasteiger partial charge in [-0.25, -0.2) is 9.97 Å². The molecule has 1 heterocycles. The third-order valence-electron chi connectivity index (χ3n) is 2.85. The predicted octanol–water partition coefficient (Wildman–Crippen LogP) is 3.67. The van der Waals surface area contributed by atoms with Crippen molar-refractivity contribution in [3.63, 3.8) is 0 Å². The quantitative estimate of drug-likeness (QED) is 0.870. The number of benzene rings is 1. The van der Waals surface area contributed by atoms with Gasteiger partial charge in [-0.2, -0.15) is 0 Å². The number of aryl methyl sites for hydroxylation is 1.